The molecule has 8 N–H and O–H groups in total. The highest BCUT2D eigenvalue weighted by atomic mass is 35.5. The number of nitrogens with zero attached hydrogens (tertiary/aromatic N) is 15. The van der Waals surface area contributed by atoms with Crippen LogP contribution in [-0.2, 0) is 40.6 Å². The molecule has 3 aliphatic carbocycles. The van der Waals surface area contributed by atoms with E-state index >= 15 is 0 Å². The molecule has 10 heterocycles. The molecule has 0 saturated heterocycles. The van der Waals surface area contributed by atoms with Crippen molar-refractivity contribution < 1.29 is 65.6 Å². The lowest BCUT2D eigenvalue weighted by molar-refractivity contribution is -0.124. The van der Waals surface area contributed by atoms with Gasteiger partial charge in [-0.2, -0.15) is 0 Å². The molecule has 28 nitrogen and oxygen atoms in total. The second-order valence-corrected chi connectivity index (χ2v) is 38.8. The minimum atomic E-state index is -2.56. The SMILES string of the molecule is CC(F)C(C)(O)CC(=O)Nc1nc2ccc(Cl)nc2n1C1(C)CCC1.Cc1cc2nc(NC(=O)CC(C)(O)C(C)F)n(C3(C)CCC3)c2nc1Cl.Cc1ccc2nc(NC(=O)CC(C)(C)C(F)F)n(C3(C)CCC3)c2n1.Cc1ccc2nc(NC(=O)CC(C)(C)C)n(-c3cc(Cl)cc(Cl)c3)c2n1.Cc1ccc2nc(NC(=O)CC(C)(O)C(C)F)n(-c3ccc(F)cc3)c2n1. The van der Waals surface area contributed by atoms with Crippen LogP contribution in [0.2, 0.25) is 20.4 Å². The molecule has 5 amide bonds. The molecule has 0 bridgehead atoms. The van der Waals surface area contributed by atoms with Crippen LogP contribution in [-0.4, -0.2) is 159 Å². The van der Waals surface area contributed by atoms with Crippen molar-refractivity contribution in [2.24, 2.45) is 10.8 Å². The van der Waals surface area contributed by atoms with Crippen molar-refractivity contribution in [2.45, 2.75) is 273 Å². The number of anilines is 5. The third-order valence-corrected chi connectivity index (χ3v) is 24.6. The lowest BCUT2D eigenvalue weighted by atomic mass is 9.78. The van der Waals surface area contributed by atoms with Crippen molar-refractivity contribution in [3.05, 3.63) is 146 Å². The van der Waals surface area contributed by atoms with E-state index in [1.807, 2.05) is 92.5 Å². The molecule has 10 aromatic heterocycles. The van der Waals surface area contributed by atoms with Crippen molar-refractivity contribution >= 4 is 162 Å². The first kappa shape index (κ1) is 99.1. The summed E-state index contributed by atoms with van der Waals surface area (Å²) in [6.45, 7) is 30.1. The molecule has 6 atom stereocenters. The number of rotatable bonds is 23. The second-order valence-electron chi connectivity index (χ2n) is 37.2. The number of nitrogens with one attached hydrogen (secondary N) is 5. The van der Waals surface area contributed by atoms with Gasteiger partial charge in [-0.25, -0.2) is 76.2 Å². The summed E-state index contributed by atoms with van der Waals surface area (Å²) in [5.41, 5.74) is 3.40. The number of fused-ring (bicyclic) bond motifs is 5. The third-order valence-electron chi connectivity index (χ3n) is 23.5. The number of carbonyl (C=O) groups excluding carboxylic acids is 5. The van der Waals surface area contributed by atoms with Crippen LogP contribution in [0, 0.1) is 44.3 Å². The Morgan fingerprint density at radius 3 is 1.08 bits per heavy atom. The Labute approximate surface area is 763 Å². The molecular weight excluding hydrogens is 1760 g/mol. The first-order valence-electron chi connectivity index (χ1n) is 42.4. The highest BCUT2D eigenvalue weighted by Crippen LogP contribution is 2.47. The topological polar surface area (TPSA) is 360 Å². The zero-order chi connectivity index (χ0) is 94.9. The van der Waals surface area contributed by atoms with Gasteiger partial charge < -0.3 is 15.3 Å². The van der Waals surface area contributed by atoms with E-state index in [1.54, 1.807) is 51.6 Å². The van der Waals surface area contributed by atoms with Gasteiger partial charge in [0.15, 0.2) is 28.2 Å². The fourth-order valence-electron chi connectivity index (χ4n) is 14.8. The van der Waals surface area contributed by atoms with E-state index < -0.39 is 83.0 Å². The summed E-state index contributed by atoms with van der Waals surface area (Å²) >= 11 is 24.6. The van der Waals surface area contributed by atoms with Gasteiger partial charge in [-0.1, -0.05) is 81.0 Å². The van der Waals surface area contributed by atoms with Gasteiger partial charge >= 0.3 is 0 Å². The van der Waals surface area contributed by atoms with Gasteiger partial charge in [-0.15, -0.1) is 0 Å². The van der Waals surface area contributed by atoms with Crippen LogP contribution in [0.15, 0.2) is 97.1 Å². The molecule has 12 aromatic rings. The van der Waals surface area contributed by atoms with Crippen molar-refractivity contribution in [3.8, 4) is 11.4 Å². The Hall–Kier alpha value is -10.5. The molecule has 3 aliphatic rings. The summed E-state index contributed by atoms with van der Waals surface area (Å²) in [6, 6.07) is 27.1. The molecule has 15 rings (SSSR count). The van der Waals surface area contributed by atoms with E-state index in [4.69, 9.17) is 46.4 Å². The largest absolute Gasteiger partial charge is 0.387 e. The van der Waals surface area contributed by atoms with E-state index in [2.05, 4.69) is 97.2 Å². The van der Waals surface area contributed by atoms with Gasteiger partial charge in [-0.05, 0) is 256 Å². The van der Waals surface area contributed by atoms with Crippen LogP contribution in [0.4, 0.5) is 56.1 Å². The monoisotopic (exact) mass is 1860 g/mol. The average Bonchev–Trinajstić information content (AvgIpc) is 1.61. The zero-order valence-electron chi connectivity index (χ0n) is 75.3. The molecule has 692 valence electrons. The summed E-state index contributed by atoms with van der Waals surface area (Å²) in [6.07, 6.45) is 0.707. The standard InChI is InChI=1S/C19H20Cl2N4O.C19H20F2N4O2.C18H24ClFN4O2.C18H24F2N4O.C17H22ClFN4O2/c1-11-5-6-15-17(22-11)25(14-8-12(20)7-13(21)9-14)18(23-15)24-16(26)10-19(2,3)4;1-11-4-9-15-17(22-11)25(14-7-5-13(21)6-8-14)18(23-15)24-16(26)10-19(3,27)12(2)20;1-10-8-12-15(23-14(10)19)24(17(3)6-5-7-17)16(21-12)22-13(25)9-18(4,26)11(2)20;1-11-6-7-12-14(21-11)24(18(4)8-5-9-18)16(22-12)23-13(25)10-17(2,3)15(19)20;1-10(19)17(3,25)9-13(24)22-15-20-11-5-6-12(18)21-14(11)23(15)16(2)7-4-8-16/h5-9H,10H2,1-4H3,(H,23,24,26);4-9,12,27H,10H2,1-3H3,(H,23,24,26);8,11,26H,5-7,9H2,1-4H3,(H,21,22,25);6-7,15H,5,8-10H2,1-4H3,(H,22,23,25);5-6,10,25H,4,7-9H2,1-3H3,(H,20,22,24). The van der Waals surface area contributed by atoms with E-state index in [1.165, 1.54) is 79.7 Å². The number of carbonyl (C=O) groups is 5. The Morgan fingerprint density at radius 2 is 0.713 bits per heavy atom. The van der Waals surface area contributed by atoms with Crippen LogP contribution in [0.3, 0.4) is 0 Å². The number of amides is 5. The fraction of sp³-hybridized carbons (Fsp3) is 0.484. The average molecular weight is 1870 g/mol. The van der Waals surface area contributed by atoms with Crippen LogP contribution in [0.5, 0.6) is 0 Å². The summed E-state index contributed by atoms with van der Waals surface area (Å²) in [5.74, 6) is -0.922. The van der Waals surface area contributed by atoms with E-state index in [0.29, 0.717) is 112 Å². The molecule has 0 aliphatic heterocycles. The lowest BCUT2D eigenvalue weighted by Gasteiger charge is -2.40. The number of aromatic nitrogens is 15. The van der Waals surface area contributed by atoms with E-state index in [9.17, 15) is 65.6 Å². The number of hydrogen-bond donors (Lipinski definition) is 8. The summed E-state index contributed by atoms with van der Waals surface area (Å²) in [7, 11) is 0. The number of hydrogen-bond acceptors (Lipinski definition) is 18. The number of aliphatic hydroxyl groups is 3. The summed E-state index contributed by atoms with van der Waals surface area (Å²) < 4.78 is 88.9. The van der Waals surface area contributed by atoms with Crippen LogP contribution in [0.1, 0.15) is 209 Å². The molecule has 3 saturated carbocycles. The number of pyridine rings is 5. The van der Waals surface area contributed by atoms with Gasteiger partial charge in [0.1, 0.15) is 79.0 Å². The van der Waals surface area contributed by atoms with E-state index in [-0.39, 0.29) is 53.1 Å². The van der Waals surface area contributed by atoms with Crippen LogP contribution < -0.4 is 26.6 Å². The minimum Gasteiger partial charge on any atom is -0.387 e. The molecule has 0 radical (unpaired) electrons. The van der Waals surface area contributed by atoms with Gasteiger partial charge in [0.2, 0.25) is 65.7 Å². The van der Waals surface area contributed by atoms with Crippen LogP contribution >= 0.6 is 46.4 Å². The first-order chi connectivity index (χ1) is 60.1. The van der Waals surface area contributed by atoms with Gasteiger partial charge in [0.05, 0.1) is 30.6 Å². The van der Waals surface area contributed by atoms with Crippen LogP contribution in [0.25, 0.3) is 67.2 Å². The second kappa shape index (κ2) is 38.9. The van der Waals surface area contributed by atoms with Crippen molar-refractivity contribution in [3.63, 3.8) is 0 Å². The van der Waals surface area contributed by atoms with E-state index in [0.717, 1.165) is 86.1 Å². The van der Waals surface area contributed by atoms with Crippen molar-refractivity contribution in [1.29, 1.82) is 0 Å². The Morgan fingerprint density at radius 1 is 0.395 bits per heavy atom. The van der Waals surface area contributed by atoms with Crippen molar-refractivity contribution in [2.75, 3.05) is 26.6 Å². The maximum atomic E-state index is 13.5. The predicted molar refractivity (Wildman–Crippen MR) is 491 cm³/mol. The molecular formula is C91H110Cl4F6N20O8. The number of halogens is 10. The van der Waals surface area contributed by atoms with Gasteiger partial charge in [-0.3, -0.25) is 73.4 Å². The molecule has 0 spiro atoms. The Kier molecular flexibility index (Phi) is 29.9. The zero-order valence-corrected chi connectivity index (χ0v) is 78.3. The lowest BCUT2D eigenvalue weighted by Crippen LogP contribution is -2.40. The first-order valence-corrected chi connectivity index (χ1v) is 43.9. The number of imidazole rings is 5. The smallest absolute Gasteiger partial charge is 0.244 e. The molecule has 6 unspecified atom stereocenters. The molecule has 129 heavy (non-hydrogen) atoms. The molecule has 38 heteroatoms. The fourth-order valence-corrected chi connectivity index (χ4v) is 15.6. The maximum absolute atomic E-state index is 13.5. The normalized spacial score (nSPS) is 16.6. The van der Waals surface area contributed by atoms with Gasteiger partial charge in [0.25, 0.3) is 0 Å². The maximum Gasteiger partial charge on any atom is 0.244 e. The van der Waals surface area contributed by atoms with Crippen molar-refractivity contribution in [1.82, 2.24) is 72.7 Å². The Bertz CT molecular complexity index is 6010. The molecule has 2 aromatic carbocycles. The predicted octanol–water partition coefficient (Wildman–Crippen LogP) is 20.1. The Balaban J connectivity index is 0.000000156. The number of aryl methyl sites for hydroxylation is 4. The van der Waals surface area contributed by atoms with Gasteiger partial charge in [0, 0.05) is 62.0 Å². The number of alkyl halides is 5. The quantitative estimate of drug-likeness (QED) is 0.0218. The highest BCUT2D eigenvalue weighted by molar-refractivity contribution is 6.35. The third kappa shape index (κ3) is 23.5. The molecule has 3 fully saturated rings. The summed E-state index contributed by atoms with van der Waals surface area (Å²) in [5, 5.41) is 45.5. The number of benzene rings is 2. The highest BCUT2D eigenvalue weighted by Gasteiger charge is 2.43. The minimum absolute atomic E-state index is 0.112. The summed E-state index contributed by atoms with van der Waals surface area (Å²) in [4.78, 5) is 107.